The molecule has 1 saturated heterocycles. The fraction of sp³-hybridized carbons (Fsp3) is 0.350. The lowest BCUT2D eigenvalue weighted by molar-refractivity contribution is -0.114. The van der Waals surface area contributed by atoms with Crippen molar-refractivity contribution in [2.45, 2.75) is 30.4 Å². The molecule has 0 aromatic heterocycles. The van der Waals surface area contributed by atoms with Gasteiger partial charge < -0.3 is 5.32 Å². The molecule has 1 atom stereocenters. The maximum Gasteiger partial charge on any atom is 0.243 e. The molecule has 0 radical (unpaired) electrons. The number of aryl methyl sites for hydroxylation is 1. The number of nitrogens with zero attached hydrogens (tertiary/aromatic N) is 1. The van der Waals surface area contributed by atoms with Crippen molar-refractivity contribution in [3.63, 3.8) is 0 Å². The first-order chi connectivity index (χ1) is 13.6. The van der Waals surface area contributed by atoms with Gasteiger partial charge in [-0.1, -0.05) is 30.3 Å². The van der Waals surface area contributed by atoms with Crippen molar-refractivity contribution in [1.82, 2.24) is 4.31 Å². The van der Waals surface area contributed by atoms with E-state index in [1.807, 2.05) is 6.07 Å². The van der Waals surface area contributed by atoms with Gasteiger partial charge in [-0.2, -0.15) is 4.31 Å². The van der Waals surface area contributed by atoms with Crippen LogP contribution in [0.1, 0.15) is 29.7 Å². The molecular formula is C20H24N2O5S2. The second-order valence-corrected chi connectivity index (χ2v) is 11.3. The molecule has 0 saturated carbocycles. The van der Waals surface area contributed by atoms with Gasteiger partial charge in [0, 0.05) is 25.7 Å². The highest BCUT2D eigenvalue weighted by atomic mass is 32.2. The van der Waals surface area contributed by atoms with E-state index < -0.39 is 25.1 Å². The molecule has 2 aromatic carbocycles. The lowest BCUT2D eigenvalue weighted by Gasteiger charge is -2.21. The molecule has 1 aliphatic heterocycles. The number of carbonyl (C=O) groups excluding carboxylic acids is 1. The minimum Gasteiger partial charge on any atom is -0.326 e. The summed E-state index contributed by atoms with van der Waals surface area (Å²) in [4.78, 5) is 11.3. The molecule has 1 heterocycles. The van der Waals surface area contributed by atoms with Gasteiger partial charge in [0.15, 0.2) is 9.84 Å². The predicted molar refractivity (Wildman–Crippen MR) is 112 cm³/mol. The van der Waals surface area contributed by atoms with Crippen LogP contribution >= 0.6 is 0 Å². The van der Waals surface area contributed by atoms with Gasteiger partial charge in [-0.15, -0.1) is 0 Å². The third kappa shape index (κ3) is 4.68. The Labute approximate surface area is 171 Å². The summed E-state index contributed by atoms with van der Waals surface area (Å²) < 4.78 is 53.2. The van der Waals surface area contributed by atoms with E-state index in [-0.39, 0.29) is 36.1 Å². The van der Waals surface area contributed by atoms with Crippen molar-refractivity contribution in [3.8, 4) is 0 Å². The average Bonchev–Trinajstić information content (AvgIpc) is 2.80. The normalized spacial score (nSPS) is 20.0. The van der Waals surface area contributed by atoms with Gasteiger partial charge in [-0.3, -0.25) is 4.79 Å². The molecule has 7 nitrogen and oxygen atoms in total. The molecule has 29 heavy (non-hydrogen) atoms. The Morgan fingerprint density at radius 3 is 2.41 bits per heavy atom. The van der Waals surface area contributed by atoms with Gasteiger partial charge in [0.1, 0.15) is 0 Å². The minimum absolute atomic E-state index is 0.0825. The summed E-state index contributed by atoms with van der Waals surface area (Å²) in [5, 5.41) is 1.91. The molecule has 0 unspecified atom stereocenters. The van der Waals surface area contributed by atoms with E-state index in [2.05, 4.69) is 5.32 Å². The summed E-state index contributed by atoms with van der Waals surface area (Å²) in [5.41, 5.74) is 1.68. The van der Waals surface area contributed by atoms with Gasteiger partial charge in [-0.05, 0) is 42.7 Å². The van der Waals surface area contributed by atoms with Crippen LogP contribution in [0.4, 0.5) is 5.69 Å². The zero-order chi connectivity index (χ0) is 21.2. The van der Waals surface area contributed by atoms with Crippen molar-refractivity contribution < 1.29 is 21.6 Å². The van der Waals surface area contributed by atoms with Crippen molar-refractivity contribution in [1.29, 1.82) is 0 Å². The number of sulfone groups is 1. The maximum atomic E-state index is 13.2. The van der Waals surface area contributed by atoms with E-state index in [1.165, 1.54) is 23.4 Å². The molecular weight excluding hydrogens is 412 g/mol. The Balaban J connectivity index is 1.88. The SMILES string of the molecule is CC(=O)Nc1ccc(S(=O)(=O)N2CC[C@H](c3ccccc3)S(=O)(=O)CC2)c(C)c1. The van der Waals surface area contributed by atoms with Crippen LogP contribution in [0, 0.1) is 6.92 Å². The van der Waals surface area contributed by atoms with Crippen LogP contribution < -0.4 is 5.32 Å². The van der Waals surface area contributed by atoms with E-state index >= 15 is 0 Å². The van der Waals surface area contributed by atoms with Gasteiger partial charge in [0.05, 0.1) is 15.9 Å². The molecule has 0 bridgehead atoms. The third-order valence-electron chi connectivity index (χ3n) is 4.98. The highest BCUT2D eigenvalue weighted by molar-refractivity contribution is 7.92. The van der Waals surface area contributed by atoms with E-state index in [1.54, 1.807) is 37.3 Å². The molecule has 2 aromatic rings. The highest BCUT2D eigenvalue weighted by Gasteiger charge is 2.36. The first kappa shape index (κ1) is 21.5. The number of sulfonamides is 1. The molecule has 9 heteroatoms. The Bertz CT molecular complexity index is 1110. The number of nitrogens with one attached hydrogen (secondary N) is 1. The number of carbonyl (C=O) groups is 1. The second kappa shape index (κ2) is 8.25. The van der Waals surface area contributed by atoms with Crippen molar-refractivity contribution in [3.05, 3.63) is 59.7 Å². The number of hydrogen-bond donors (Lipinski definition) is 1. The highest BCUT2D eigenvalue weighted by Crippen LogP contribution is 2.32. The van der Waals surface area contributed by atoms with Crippen molar-refractivity contribution >= 4 is 31.5 Å². The lowest BCUT2D eigenvalue weighted by Crippen LogP contribution is -2.34. The molecule has 0 spiro atoms. The van der Waals surface area contributed by atoms with Crippen LogP contribution in [0.15, 0.2) is 53.4 Å². The van der Waals surface area contributed by atoms with Crippen LogP contribution in [0.2, 0.25) is 0 Å². The summed E-state index contributed by atoms with van der Waals surface area (Å²) in [6, 6.07) is 13.5. The van der Waals surface area contributed by atoms with Crippen LogP contribution in [-0.4, -0.2) is 45.9 Å². The summed E-state index contributed by atoms with van der Waals surface area (Å²) in [6.45, 7) is 3.06. The Hall–Kier alpha value is -2.23. The van der Waals surface area contributed by atoms with E-state index in [9.17, 15) is 21.6 Å². The van der Waals surface area contributed by atoms with Gasteiger partial charge >= 0.3 is 0 Å². The fourth-order valence-corrected chi connectivity index (χ4v) is 7.14. The standard InChI is InChI=1S/C20H24N2O5S2/c1-15-14-18(21-16(2)23)8-9-19(15)29(26,27)22-11-10-20(28(24,25)13-12-22)17-6-4-3-5-7-17/h3-9,14,20H,10-13H2,1-2H3,(H,21,23)/t20-/m1/s1. The zero-order valence-electron chi connectivity index (χ0n) is 16.3. The fourth-order valence-electron chi connectivity index (χ4n) is 3.56. The van der Waals surface area contributed by atoms with Gasteiger partial charge in [0.2, 0.25) is 15.9 Å². The molecule has 0 aliphatic carbocycles. The number of hydrogen-bond acceptors (Lipinski definition) is 5. The first-order valence-corrected chi connectivity index (χ1v) is 12.4. The number of anilines is 1. The number of rotatable bonds is 4. The summed E-state index contributed by atoms with van der Waals surface area (Å²) in [6.07, 6.45) is 0.203. The van der Waals surface area contributed by atoms with E-state index in [4.69, 9.17) is 0 Å². The second-order valence-electron chi connectivity index (χ2n) is 7.12. The van der Waals surface area contributed by atoms with Gasteiger partial charge in [0.25, 0.3) is 0 Å². The van der Waals surface area contributed by atoms with Crippen LogP contribution in [0.5, 0.6) is 0 Å². The monoisotopic (exact) mass is 436 g/mol. The molecule has 1 N–H and O–H groups in total. The Morgan fingerprint density at radius 2 is 1.79 bits per heavy atom. The van der Waals surface area contributed by atoms with Crippen molar-refractivity contribution in [2.75, 3.05) is 24.2 Å². The smallest absolute Gasteiger partial charge is 0.243 e. The largest absolute Gasteiger partial charge is 0.326 e. The third-order valence-corrected chi connectivity index (χ3v) is 9.17. The topological polar surface area (TPSA) is 101 Å². The molecule has 1 aliphatic rings. The summed E-state index contributed by atoms with van der Waals surface area (Å²) in [7, 11) is -7.33. The maximum absolute atomic E-state index is 13.2. The van der Waals surface area contributed by atoms with Crippen molar-refractivity contribution in [2.24, 2.45) is 0 Å². The summed E-state index contributed by atoms with van der Waals surface area (Å²) in [5.74, 6) is -0.473. The first-order valence-electron chi connectivity index (χ1n) is 9.26. The molecule has 3 rings (SSSR count). The van der Waals surface area contributed by atoms with Crippen LogP contribution in [-0.2, 0) is 24.7 Å². The number of benzene rings is 2. The van der Waals surface area contributed by atoms with Crippen LogP contribution in [0.3, 0.4) is 0 Å². The van der Waals surface area contributed by atoms with E-state index in [0.29, 0.717) is 16.8 Å². The zero-order valence-corrected chi connectivity index (χ0v) is 18.0. The van der Waals surface area contributed by atoms with Gasteiger partial charge in [-0.25, -0.2) is 16.8 Å². The minimum atomic E-state index is -3.86. The molecule has 156 valence electrons. The van der Waals surface area contributed by atoms with Crippen LogP contribution in [0.25, 0.3) is 0 Å². The quantitative estimate of drug-likeness (QED) is 0.794. The number of amides is 1. The molecule has 1 amide bonds. The Kier molecular flexibility index (Phi) is 6.11. The van der Waals surface area contributed by atoms with E-state index in [0.717, 1.165) is 0 Å². The summed E-state index contributed by atoms with van der Waals surface area (Å²) >= 11 is 0. The lowest BCUT2D eigenvalue weighted by atomic mass is 10.1. The average molecular weight is 437 g/mol. The molecule has 1 fully saturated rings. The Morgan fingerprint density at radius 1 is 1.10 bits per heavy atom. The predicted octanol–water partition coefficient (Wildman–Crippen LogP) is 2.50.